The number of phenolic OH excluding ortho intramolecular Hbond substituents is 1. The molecule has 4 N–H and O–H groups in total. The Hall–Kier alpha value is -1.26. The Morgan fingerprint density at radius 3 is 2.75 bits per heavy atom. The highest BCUT2D eigenvalue weighted by Crippen LogP contribution is 2.26. The van der Waals surface area contributed by atoms with Gasteiger partial charge in [0.25, 0.3) is 0 Å². The first-order valence-corrected chi connectivity index (χ1v) is 5.23. The lowest BCUT2D eigenvalue weighted by Crippen LogP contribution is -2.50. The molecule has 0 atom stereocenters. The highest BCUT2D eigenvalue weighted by Gasteiger charge is 2.24. The highest BCUT2D eigenvalue weighted by atomic mass is 35.5. The van der Waals surface area contributed by atoms with Crippen molar-refractivity contribution in [3.05, 3.63) is 28.8 Å². The van der Waals surface area contributed by atoms with Gasteiger partial charge in [0.05, 0.1) is 10.6 Å². The van der Waals surface area contributed by atoms with Crippen molar-refractivity contribution >= 4 is 17.5 Å². The molecule has 0 radical (unpaired) electrons. The number of carbonyl (C=O) groups is 1. The average molecular weight is 243 g/mol. The Kier molecular flexibility index (Phi) is 3.78. The minimum absolute atomic E-state index is 0.0249. The molecule has 5 heteroatoms. The van der Waals surface area contributed by atoms with E-state index in [1.165, 1.54) is 0 Å². The zero-order valence-corrected chi connectivity index (χ0v) is 10.0. The number of benzene rings is 1. The summed E-state index contributed by atoms with van der Waals surface area (Å²) >= 11 is 5.76. The Morgan fingerprint density at radius 1 is 1.56 bits per heavy atom. The number of primary amides is 1. The van der Waals surface area contributed by atoms with E-state index in [2.05, 4.69) is 5.32 Å². The van der Waals surface area contributed by atoms with Crippen LogP contribution in [0.3, 0.4) is 0 Å². The van der Waals surface area contributed by atoms with Gasteiger partial charge in [-0.25, -0.2) is 0 Å². The first-order valence-electron chi connectivity index (χ1n) is 4.86. The standard InChI is InChI=1S/C11H15ClN2O2/c1-11(2,10(13)16)14-6-7-4-3-5-8(12)9(7)15/h3-5,14-15H,6H2,1-2H3,(H2,13,16). The number of carbonyl (C=O) groups excluding carboxylic acids is 1. The van der Waals surface area contributed by atoms with Crippen LogP contribution in [-0.2, 0) is 11.3 Å². The number of nitrogens with one attached hydrogen (secondary N) is 1. The molecule has 16 heavy (non-hydrogen) atoms. The van der Waals surface area contributed by atoms with Gasteiger partial charge in [0.15, 0.2) is 0 Å². The predicted molar refractivity (Wildman–Crippen MR) is 63.2 cm³/mol. The maximum absolute atomic E-state index is 11.1. The van der Waals surface area contributed by atoms with Gasteiger partial charge in [0.2, 0.25) is 5.91 Å². The number of para-hydroxylation sites is 1. The van der Waals surface area contributed by atoms with E-state index in [1.807, 2.05) is 0 Å². The normalized spacial score (nSPS) is 11.4. The van der Waals surface area contributed by atoms with Crippen LogP contribution in [0.4, 0.5) is 0 Å². The molecule has 1 amide bonds. The van der Waals surface area contributed by atoms with Crippen LogP contribution in [-0.4, -0.2) is 16.6 Å². The van der Waals surface area contributed by atoms with Crippen LogP contribution in [0.25, 0.3) is 0 Å². The molecule has 0 unspecified atom stereocenters. The Labute approximate surface area is 99.4 Å². The molecule has 88 valence electrons. The minimum Gasteiger partial charge on any atom is -0.506 e. The molecule has 0 fully saturated rings. The van der Waals surface area contributed by atoms with Crippen molar-refractivity contribution in [3.8, 4) is 5.75 Å². The summed E-state index contributed by atoms with van der Waals surface area (Å²) in [4.78, 5) is 11.1. The van der Waals surface area contributed by atoms with Gasteiger partial charge >= 0.3 is 0 Å². The first-order chi connectivity index (χ1) is 7.34. The lowest BCUT2D eigenvalue weighted by atomic mass is 10.0. The van der Waals surface area contributed by atoms with Crippen LogP contribution in [0.1, 0.15) is 19.4 Å². The summed E-state index contributed by atoms with van der Waals surface area (Å²) in [7, 11) is 0. The van der Waals surface area contributed by atoms with Gasteiger partial charge < -0.3 is 10.8 Å². The molecule has 0 saturated heterocycles. The number of halogens is 1. The van der Waals surface area contributed by atoms with E-state index in [0.29, 0.717) is 12.1 Å². The molecule has 1 aromatic carbocycles. The van der Waals surface area contributed by atoms with Crippen molar-refractivity contribution in [1.82, 2.24) is 5.32 Å². The van der Waals surface area contributed by atoms with Crippen molar-refractivity contribution in [2.24, 2.45) is 5.73 Å². The zero-order chi connectivity index (χ0) is 12.3. The van der Waals surface area contributed by atoms with Crippen LogP contribution in [0.15, 0.2) is 18.2 Å². The van der Waals surface area contributed by atoms with Gasteiger partial charge in [-0.15, -0.1) is 0 Å². The van der Waals surface area contributed by atoms with Gasteiger partial charge in [-0.1, -0.05) is 23.7 Å². The fraction of sp³-hybridized carbons (Fsp3) is 0.364. The van der Waals surface area contributed by atoms with E-state index in [-0.39, 0.29) is 10.8 Å². The summed E-state index contributed by atoms with van der Waals surface area (Å²) in [5.41, 5.74) is 5.01. The Morgan fingerprint density at radius 2 is 2.19 bits per heavy atom. The van der Waals surface area contributed by atoms with Crippen molar-refractivity contribution < 1.29 is 9.90 Å². The third-order valence-electron chi connectivity index (χ3n) is 2.41. The molecule has 0 aliphatic carbocycles. The number of aromatic hydroxyl groups is 1. The summed E-state index contributed by atoms with van der Waals surface area (Å²) in [5, 5.41) is 12.9. The Bertz CT molecular complexity index is 405. The van der Waals surface area contributed by atoms with E-state index in [4.69, 9.17) is 17.3 Å². The number of nitrogens with two attached hydrogens (primary N) is 1. The van der Waals surface area contributed by atoms with Gasteiger partial charge in [0.1, 0.15) is 5.75 Å². The molecule has 0 heterocycles. The van der Waals surface area contributed by atoms with Gasteiger partial charge in [-0.2, -0.15) is 0 Å². The molecule has 0 aromatic heterocycles. The van der Waals surface area contributed by atoms with Crippen LogP contribution >= 0.6 is 11.6 Å². The second-order valence-electron chi connectivity index (χ2n) is 4.09. The second kappa shape index (κ2) is 4.72. The summed E-state index contributed by atoms with van der Waals surface area (Å²) in [6.45, 7) is 3.68. The molecular weight excluding hydrogens is 228 g/mol. The second-order valence-corrected chi connectivity index (χ2v) is 4.50. The third-order valence-corrected chi connectivity index (χ3v) is 2.71. The fourth-order valence-corrected chi connectivity index (χ4v) is 1.30. The van der Waals surface area contributed by atoms with Crippen molar-refractivity contribution in [2.45, 2.75) is 25.9 Å². The number of rotatable bonds is 4. The monoisotopic (exact) mass is 242 g/mol. The van der Waals surface area contributed by atoms with Crippen LogP contribution in [0, 0.1) is 0 Å². The molecule has 1 rings (SSSR count). The topological polar surface area (TPSA) is 75.3 Å². The summed E-state index contributed by atoms with van der Waals surface area (Å²) in [6.07, 6.45) is 0. The largest absolute Gasteiger partial charge is 0.506 e. The van der Waals surface area contributed by atoms with E-state index in [1.54, 1.807) is 32.0 Å². The molecule has 0 saturated carbocycles. The molecule has 1 aromatic rings. The number of phenols is 1. The molecule has 0 aliphatic rings. The first kappa shape index (κ1) is 12.8. The van der Waals surface area contributed by atoms with Crippen molar-refractivity contribution in [2.75, 3.05) is 0 Å². The minimum atomic E-state index is -0.825. The predicted octanol–water partition coefficient (Wildman–Crippen LogP) is 1.40. The van der Waals surface area contributed by atoms with Gasteiger partial charge in [-0.05, 0) is 19.9 Å². The third kappa shape index (κ3) is 2.87. The quantitative estimate of drug-likeness (QED) is 0.747. The van der Waals surface area contributed by atoms with E-state index in [0.717, 1.165) is 0 Å². The lowest BCUT2D eigenvalue weighted by Gasteiger charge is -2.22. The summed E-state index contributed by atoms with van der Waals surface area (Å²) in [5.74, 6) is -0.425. The van der Waals surface area contributed by atoms with E-state index in [9.17, 15) is 9.90 Å². The number of amides is 1. The maximum atomic E-state index is 11.1. The van der Waals surface area contributed by atoms with Crippen LogP contribution in [0.5, 0.6) is 5.75 Å². The molecule has 0 bridgehead atoms. The van der Waals surface area contributed by atoms with Crippen LogP contribution < -0.4 is 11.1 Å². The fourth-order valence-electron chi connectivity index (χ4n) is 1.11. The summed E-state index contributed by atoms with van der Waals surface area (Å²) in [6, 6.07) is 5.06. The highest BCUT2D eigenvalue weighted by molar-refractivity contribution is 6.32. The smallest absolute Gasteiger partial charge is 0.237 e. The molecule has 0 aliphatic heterocycles. The van der Waals surface area contributed by atoms with E-state index < -0.39 is 11.4 Å². The Balaban J connectivity index is 2.76. The SMILES string of the molecule is CC(C)(NCc1cccc(Cl)c1O)C(N)=O. The van der Waals surface area contributed by atoms with Crippen molar-refractivity contribution in [3.63, 3.8) is 0 Å². The molecule has 0 spiro atoms. The molecule has 4 nitrogen and oxygen atoms in total. The molecular formula is C11H15ClN2O2. The lowest BCUT2D eigenvalue weighted by molar-refractivity contribution is -0.123. The number of hydrogen-bond acceptors (Lipinski definition) is 3. The van der Waals surface area contributed by atoms with Gasteiger partial charge in [0, 0.05) is 12.1 Å². The van der Waals surface area contributed by atoms with Gasteiger partial charge in [-0.3, -0.25) is 10.1 Å². The van der Waals surface area contributed by atoms with E-state index >= 15 is 0 Å². The zero-order valence-electron chi connectivity index (χ0n) is 9.25. The van der Waals surface area contributed by atoms with Crippen molar-refractivity contribution in [1.29, 1.82) is 0 Å². The summed E-state index contributed by atoms with van der Waals surface area (Å²) < 4.78 is 0. The average Bonchev–Trinajstić information content (AvgIpc) is 2.20. The number of hydrogen-bond donors (Lipinski definition) is 3. The maximum Gasteiger partial charge on any atom is 0.237 e. The van der Waals surface area contributed by atoms with Crippen LogP contribution in [0.2, 0.25) is 5.02 Å².